The van der Waals surface area contributed by atoms with Gasteiger partial charge < -0.3 is 31.1 Å². The number of nitrogens with one attached hydrogen (secondary N) is 2. The first-order valence-corrected chi connectivity index (χ1v) is 16.6. The first-order valence-electron chi connectivity index (χ1n) is 16.6. The van der Waals surface area contributed by atoms with Gasteiger partial charge in [0.05, 0.1) is 25.1 Å². The maximum Gasteiger partial charge on any atom is 0.207 e. The van der Waals surface area contributed by atoms with E-state index in [1.807, 2.05) is 51.8 Å². The fraction of sp³-hybridized carbons (Fsp3) is 0.526. The van der Waals surface area contributed by atoms with Gasteiger partial charge in [0, 0.05) is 56.3 Å². The number of allylic oxidation sites excluding steroid dienone is 7. The van der Waals surface area contributed by atoms with Crippen LogP contribution in [-0.2, 0) is 16.6 Å². The van der Waals surface area contributed by atoms with Gasteiger partial charge in [0.15, 0.2) is 0 Å². The van der Waals surface area contributed by atoms with Crippen LogP contribution < -0.4 is 16.4 Å². The Morgan fingerprint density at radius 3 is 2.43 bits per heavy atom. The molecule has 1 unspecified atom stereocenters. The van der Waals surface area contributed by atoms with Gasteiger partial charge in [0.25, 0.3) is 0 Å². The molecule has 0 fully saturated rings. The molecule has 0 saturated heterocycles. The van der Waals surface area contributed by atoms with Crippen molar-refractivity contribution in [3.8, 4) is 0 Å². The first-order chi connectivity index (χ1) is 22.2. The van der Waals surface area contributed by atoms with Crippen LogP contribution in [0, 0.1) is 12.3 Å². The molecule has 0 spiro atoms. The van der Waals surface area contributed by atoms with Gasteiger partial charge >= 0.3 is 0 Å². The van der Waals surface area contributed by atoms with Gasteiger partial charge in [0.2, 0.25) is 6.41 Å². The number of carbonyl (C=O) groups excluding carboxylic acids is 1. The van der Waals surface area contributed by atoms with E-state index in [1.165, 1.54) is 11.1 Å². The third kappa shape index (κ3) is 16.0. The zero-order valence-electron chi connectivity index (χ0n) is 31.3. The van der Waals surface area contributed by atoms with Crippen LogP contribution >= 0.6 is 0 Å². The summed E-state index contributed by atoms with van der Waals surface area (Å²) < 4.78 is 7.49. The molecule has 47 heavy (non-hydrogen) atoms. The molecule has 0 radical (unpaired) electrons. The van der Waals surface area contributed by atoms with E-state index >= 15 is 0 Å². The lowest BCUT2D eigenvalue weighted by atomic mass is 9.83. The van der Waals surface area contributed by atoms with Crippen molar-refractivity contribution in [1.29, 1.82) is 0 Å². The number of aliphatic hydroxyl groups excluding tert-OH is 1. The average Bonchev–Trinajstić information content (AvgIpc) is 3.25. The zero-order valence-corrected chi connectivity index (χ0v) is 31.3. The Kier molecular flexibility index (Phi) is 20.8. The predicted octanol–water partition coefficient (Wildman–Crippen LogP) is 6.67. The van der Waals surface area contributed by atoms with E-state index in [-0.39, 0.29) is 11.5 Å². The van der Waals surface area contributed by atoms with Crippen LogP contribution in [0.15, 0.2) is 83.1 Å². The van der Waals surface area contributed by atoms with E-state index in [0.29, 0.717) is 25.2 Å². The minimum atomic E-state index is -0.353. The highest BCUT2D eigenvalue weighted by atomic mass is 16.5. The summed E-state index contributed by atoms with van der Waals surface area (Å²) in [6.45, 7) is 24.1. The number of carbonyl (C=O) groups is 1. The van der Waals surface area contributed by atoms with E-state index < -0.39 is 0 Å². The maximum absolute atomic E-state index is 10.5. The topological polar surface area (TPSA) is 118 Å². The first kappa shape index (κ1) is 43.2. The quantitative estimate of drug-likeness (QED) is 0.0950. The molecule has 264 valence electrons. The number of ether oxygens (including phenoxy) is 1. The number of likely N-dealkylation sites (N-methyl/N-ethyl adjacent to an activating group) is 1. The molecule has 1 aliphatic carbocycles. The zero-order chi connectivity index (χ0) is 36.2. The van der Waals surface area contributed by atoms with Crippen molar-refractivity contribution in [2.75, 3.05) is 33.8 Å². The highest BCUT2D eigenvalue weighted by Gasteiger charge is 2.21. The SMILES string of the molecule is C=C/C(=C\C(=C(/CCN(C)CC(C)O)OC)C(C)(C)C)CNC=O.CC.CCC1=CC=C(C)C(N/C=C(\N)c2cnn(C)c2C)=CC1. The number of aryl methyl sites for hydroxylation is 1. The number of aliphatic hydroxyl groups is 1. The van der Waals surface area contributed by atoms with Crippen LogP contribution in [0.5, 0.6) is 0 Å². The summed E-state index contributed by atoms with van der Waals surface area (Å²) in [5.74, 6) is 0.908. The van der Waals surface area contributed by atoms with Crippen LogP contribution in [0.2, 0.25) is 0 Å². The van der Waals surface area contributed by atoms with Crippen LogP contribution in [-0.4, -0.2) is 66.1 Å². The second kappa shape index (κ2) is 22.7. The highest BCUT2D eigenvalue weighted by Crippen LogP contribution is 2.32. The molecular formula is C38H64N6O3. The van der Waals surface area contributed by atoms with Gasteiger partial charge in [-0.3, -0.25) is 9.48 Å². The third-order valence-electron chi connectivity index (χ3n) is 7.58. The molecule has 0 saturated carbocycles. The highest BCUT2D eigenvalue weighted by molar-refractivity contribution is 5.64. The van der Waals surface area contributed by atoms with E-state index in [4.69, 9.17) is 10.5 Å². The van der Waals surface area contributed by atoms with Gasteiger partial charge in [-0.25, -0.2) is 0 Å². The van der Waals surface area contributed by atoms with Gasteiger partial charge in [-0.1, -0.05) is 84.1 Å². The second-order valence-electron chi connectivity index (χ2n) is 12.4. The standard InChI is InChI=1S/C19H34N2O3.C17H24N4.C2H6/c1-8-16(12-20-14-22)11-17(19(3,4)5)18(24-7)9-10-21(6)13-15(2)23;1-5-14-7-6-12(2)17(9-8-14)19-11-16(18)15-10-20-21(4)13(15)3;1-2/h8,11,14-15,23H,1,9-10,12-13H2,2-7H3,(H,20,22);6-7,9-11,19H,5,8,18H2,1-4H3;1-2H3/b16-11+,18-17-;16-11-;. The average molecular weight is 653 g/mol. The summed E-state index contributed by atoms with van der Waals surface area (Å²) in [4.78, 5) is 12.6. The summed E-state index contributed by atoms with van der Waals surface area (Å²) in [5, 5.41) is 19.7. The number of nitrogens with zero attached hydrogens (tertiary/aromatic N) is 3. The molecule has 0 aliphatic heterocycles. The Bertz CT molecular complexity index is 1300. The van der Waals surface area contributed by atoms with Crippen molar-refractivity contribution in [3.05, 3.63) is 94.4 Å². The Balaban J connectivity index is 0.000000859. The number of nitrogens with two attached hydrogens (primary N) is 1. The van der Waals surface area contributed by atoms with E-state index in [1.54, 1.807) is 26.3 Å². The predicted molar refractivity (Wildman–Crippen MR) is 199 cm³/mol. The molecule has 1 aromatic rings. The molecule has 1 heterocycles. The summed E-state index contributed by atoms with van der Waals surface area (Å²) in [5.41, 5.74) is 14.5. The van der Waals surface area contributed by atoms with E-state index in [2.05, 4.69) is 80.1 Å². The molecule has 5 N–H and O–H groups in total. The fourth-order valence-electron chi connectivity index (χ4n) is 4.67. The Labute approximate surface area is 285 Å². The number of hydrogen-bond acceptors (Lipinski definition) is 7. The minimum Gasteiger partial charge on any atom is -0.501 e. The van der Waals surface area contributed by atoms with E-state index in [0.717, 1.165) is 59.7 Å². The molecule has 9 heteroatoms. The number of amides is 1. The molecule has 9 nitrogen and oxygen atoms in total. The van der Waals surface area contributed by atoms with Crippen LogP contribution in [0.3, 0.4) is 0 Å². The summed E-state index contributed by atoms with van der Waals surface area (Å²) in [7, 11) is 5.58. The molecule has 2 rings (SSSR count). The molecule has 1 atom stereocenters. The molecular weight excluding hydrogens is 588 g/mol. The summed E-state index contributed by atoms with van der Waals surface area (Å²) in [6, 6.07) is 0. The number of hydrogen-bond donors (Lipinski definition) is 4. The minimum absolute atomic E-state index is 0.108. The van der Waals surface area contributed by atoms with Gasteiger partial charge in [-0.05, 0) is 62.8 Å². The summed E-state index contributed by atoms with van der Waals surface area (Å²) >= 11 is 0. The molecule has 1 aliphatic rings. The molecule has 1 amide bonds. The normalized spacial score (nSPS) is 14.9. The maximum atomic E-state index is 10.5. The van der Waals surface area contributed by atoms with Crippen molar-refractivity contribution in [1.82, 2.24) is 25.3 Å². The molecule has 0 bridgehead atoms. The van der Waals surface area contributed by atoms with E-state index in [9.17, 15) is 9.90 Å². The lowest BCUT2D eigenvalue weighted by Gasteiger charge is -2.26. The van der Waals surface area contributed by atoms with Crippen LogP contribution in [0.1, 0.15) is 85.9 Å². The fourth-order valence-corrected chi connectivity index (χ4v) is 4.67. The van der Waals surface area contributed by atoms with Crippen molar-refractivity contribution in [2.24, 2.45) is 18.2 Å². The number of rotatable bonds is 15. The molecule has 0 aromatic carbocycles. The summed E-state index contributed by atoms with van der Waals surface area (Å²) in [6.07, 6.45) is 17.1. The van der Waals surface area contributed by atoms with Crippen LogP contribution in [0.4, 0.5) is 0 Å². The number of methoxy groups -OCH3 is 1. The third-order valence-corrected chi connectivity index (χ3v) is 7.58. The van der Waals surface area contributed by atoms with Crippen molar-refractivity contribution < 1.29 is 14.6 Å². The van der Waals surface area contributed by atoms with Crippen LogP contribution in [0.25, 0.3) is 5.70 Å². The Morgan fingerprint density at radius 1 is 1.28 bits per heavy atom. The lowest BCUT2D eigenvalue weighted by molar-refractivity contribution is -0.109. The van der Waals surface area contributed by atoms with Gasteiger partial charge in [0.1, 0.15) is 5.76 Å². The van der Waals surface area contributed by atoms with Crippen molar-refractivity contribution in [3.63, 3.8) is 0 Å². The monoisotopic (exact) mass is 653 g/mol. The van der Waals surface area contributed by atoms with Gasteiger partial charge in [-0.15, -0.1) is 0 Å². The number of aromatic nitrogens is 2. The lowest BCUT2D eigenvalue weighted by Crippen LogP contribution is -2.28. The Morgan fingerprint density at radius 2 is 1.94 bits per heavy atom. The largest absolute Gasteiger partial charge is 0.501 e. The second-order valence-corrected chi connectivity index (χ2v) is 12.4. The van der Waals surface area contributed by atoms with Gasteiger partial charge in [-0.2, -0.15) is 5.10 Å². The molecule has 1 aromatic heterocycles. The smallest absolute Gasteiger partial charge is 0.207 e. The Hall–Kier alpha value is -3.82. The van der Waals surface area contributed by atoms with Crippen molar-refractivity contribution in [2.45, 2.75) is 87.7 Å². The van der Waals surface area contributed by atoms with Crippen molar-refractivity contribution >= 4 is 12.1 Å².